The van der Waals surface area contributed by atoms with Gasteiger partial charge in [-0.1, -0.05) is 6.42 Å². The van der Waals surface area contributed by atoms with E-state index in [1.807, 2.05) is 0 Å². The van der Waals surface area contributed by atoms with Crippen LogP contribution in [0.15, 0.2) is 4.99 Å². The van der Waals surface area contributed by atoms with Crippen LogP contribution in [0.2, 0.25) is 0 Å². The Labute approximate surface area is 140 Å². The smallest absolute Gasteiger partial charge is 0.191 e. The zero-order chi connectivity index (χ0) is 16.7. The number of ether oxygens (including phenoxy) is 1. The van der Waals surface area contributed by atoms with Gasteiger partial charge in [-0.3, -0.25) is 9.89 Å². The standard InChI is InChI=1S/C17H34N4O2/c1-4-18-16(19-12-14-6-5-7-15(14)22)20-13-17(2,3)21-8-10-23-11-9-21/h14-15,22H,4-13H2,1-3H3,(H2,18,19,20). The summed E-state index contributed by atoms with van der Waals surface area (Å²) in [6.45, 7) is 12.5. The highest BCUT2D eigenvalue weighted by Gasteiger charge is 2.28. The third-order valence-corrected chi connectivity index (χ3v) is 4.99. The lowest BCUT2D eigenvalue weighted by Crippen LogP contribution is -2.52. The van der Waals surface area contributed by atoms with Gasteiger partial charge in [0.05, 0.1) is 25.9 Å². The van der Waals surface area contributed by atoms with Crippen molar-refractivity contribution in [3.63, 3.8) is 0 Å². The molecule has 23 heavy (non-hydrogen) atoms. The van der Waals surface area contributed by atoms with Crippen molar-refractivity contribution in [2.24, 2.45) is 10.9 Å². The van der Waals surface area contributed by atoms with Crippen LogP contribution in [0.5, 0.6) is 0 Å². The van der Waals surface area contributed by atoms with E-state index in [2.05, 4.69) is 36.3 Å². The van der Waals surface area contributed by atoms with Crippen LogP contribution in [0.3, 0.4) is 0 Å². The molecule has 2 fully saturated rings. The Morgan fingerprint density at radius 3 is 2.61 bits per heavy atom. The highest BCUT2D eigenvalue weighted by atomic mass is 16.5. The number of nitrogens with zero attached hydrogens (tertiary/aromatic N) is 2. The Hall–Kier alpha value is -0.850. The number of morpholine rings is 1. The van der Waals surface area contributed by atoms with E-state index in [1.54, 1.807) is 0 Å². The summed E-state index contributed by atoms with van der Waals surface area (Å²) in [5, 5.41) is 16.7. The van der Waals surface area contributed by atoms with E-state index < -0.39 is 0 Å². The van der Waals surface area contributed by atoms with Crippen LogP contribution < -0.4 is 10.6 Å². The second-order valence-electron chi connectivity index (χ2n) is 7.25. The second-order valence-corrected chi connectivity index (χ2v) is 7.25. The molecule has 3 N–H and O–H groups in total. The first-order chi connectivity index (χ1) is 11.0. The molecule has 2 atom stereocenters. The highest BCUT2D eigenvalue weighted by molar-refractivity contribution is 5.79. The fourth-order valence-corrected chi connectivity index (χ4v) is 3.37. The molecule has 0 aromatic carbocycles. The fraction of sp³-hybridized carbons (Fsp3) is 0.941. The summed E-state index contributed by atoms with van der Waals surface area (Å²) in [5.41, 5.74) is 0.0268. The maximum atomic E-state index is 9.94. The zero-order valence-corrected chi connectivity index (χ0v) is 15.0. The number of aliphatic hydroxyl groups excluding tert-OH is 1. The van der Waals surface area contributed by atoms with E-state index >= 15 is 0 Å². The first kappa shape index (κ1) is 18.5. The molecule has 1 aliphatic carbocycles. The number of guanidine groups is 1. The predicted octanol–water partition coefficient (Wildman–Crippen LogP) is 0.813. The van der Waals surface area contributed by atoms with Crippen molar-refractivity contribution in [2.75, 3.05) is 45.9 Å². The maximum absolute atomic E-state index is 9.94. The third-order valence-electron chi connectivity index (χ3n) is 4.99. The summed E-state index contributed by atoms with van der Waals surface area (Å²) in [7, 11) is 0. The Morgan fingerprint density at radius 2 is 2.00 bits per heavy atom. The average Bonchev–Trinajstić information content (AvgIpc) is 2.96. The minimum Gasteiger partial charge on any atom is -0.393 e. The Balaban J connectivity index is 1.86. The van der Waals surface area contributed by atoms with Gasteiger partial charge in [-0.25, -0.2) is 0 Å². The molecule has 2 unspecified atom stereocenters. The van der Waals surface area contributed by atoms with Crippen molar-refractivity contribution < 1.29 is 9.84 Å². The fourth-order valence-electron chi connectivity index (χ4n) is 3.37. The molecule has 1 saturated carbocycles. The van der Waals surface area contributed by atoms with Crippen LogP contribution in [0.25, 0.3) is 0 Å². The number of hydrogen-bond donors (Lipinski definition) is 3. The summed E-state index contributed by atoms with van der Waals surface area (Å²) < 4.78 is 5.44. The van der Waals surface area contributed by atoms with Crippen LogP contribution in [0.4, 0.5) is 0 Å². The normalized spacial score (nSPS) is 27.2. The zero-order valence-electron chi connectivity index (χ0n) is 15.0. The second kappa shape index (κ2) is 8.85. The van der Waals surface area contributed by atoms with Gasteiger partial charge < -0.3 is 20.5 Å². The van der Waals surface area contributed by atoms with Gasteiger partial charge >= 0.3 is 0 Å². The van der Waals surface area contributed by atoms with Crippen molar-refractivity contribution in [2.45, 2.75) is 51.7 Å². The molecule has 1 aliphatic heterocycles. The number of rotatable bonds is 6. The van der Waals surface area contributed by atoms with E-state index in [9.17, 15) is 5.11 Å². The molecule has 0 aromatic heterocycles. The Kier molecular flexibility index (Phi) is 7.11. The monoisotopic (exact) mass is 326 g/mol. The van der Waals surface area contributed by atoms with Crippen molar-refractivity contribution in [1.29, 1.82) is 0 Å². The summed E-state index contributed by atoms with van der Waals surface area (Å²) in [6.07, 6.45) is 3.01. The molecule has 0 bridgehead atoms. The molecular weight excluding hydrogens is 292 g/mol. The number of aliphatic hydroxyl groups is 1. The molecule has 6 nitrogen and oxygen atoms in total. The lowest BCUT2D eigenvalue weighted by atomic mass is 10.0. The first-order valence-electron chi connectivity index (χ1n) is 9.06. The number of aliphatic imine (C=N–C) groups is 1. The number of hydrogen-bond acceptors (Lipinski definition) is 4. The van der Waals surface area contributed by atoms with Crippen molar-refractivity contribution in [3.05, 3.63) is 0 Å². The molecule has 2 rings (SSSR count). The minimum absolute atomic E-state index is 0.0268. The largest absolute Gasteiger partial charge is 0.393 e. The first-order valence-corrected chi connectivity index (χ1v) is 9.06. The van der Waals surface area contributed by atoms with Gasteiger partial charge in [0.25, 0.3) is 0 Å². The molecule has 1 heterocycles. The van der Waals surface area contributed by atoms with E-state index in [0.717, 1.165) is 71.2 Å². The third kappa shape index (κ3) is 5.62. The topological polar surface area (TPSA) is 69.1 Å². The summed E-state index contributed by atoms with van der Waals surface area (Å²) in [5.74, 6) is 1.21. The van der Waals surface area contributed by atoms with Gasteiger partial charge in [-0.05, 0) is 33.6 Å². The van der Waals surface area contributed by atoms with Crippen molar-refractivity contribution in [1.82, 2.24) is 15.5 Å². The van der Waals surface area contributed by atoms with Gasteiger partial charge in [0, 0.05) is 37.6 Å². The van der Waals surface area contributed by atoms with Crippen LogP contribution in [-0.4, -0.2) is 73.5 Å². The molecule has 6 heteroatoms. The quantitative estimate of drug-likeness (QED) is 0.498. The molecule has 0 spiro atoms. The van der Waals surface area contributed by atoms with Gasteiger partial charge in [0.2, 0.25) is 0 Å². The van der Waals surface area contributed by atoms with Crippen molar-refractivity contribution >= 4 is 5.96 Å². The van der Waals surface area contributed by atoms with Crippen LogP contribution in [-0.2, 0) is 4.74 Å². The van der Waals surface area contributed by atoms with Crippen LogP contribution in [0, 0.1) is 5.92 Å². The van der Waals surface area contributed by atoms with Gasteiger partial charge in [-0.2, -0.15) is 0 Å². The Morgan fingerprint density at radius 1 is 1.26 bits per heavy atom. The van der Waals surface area contributed by atoms with E-state index in [-0.39, 0.29) is 11.6 Å². The molecule has 0 amide bonds. The molecule has 1 saturated heterocycles. The van der Waals surface area contributed by atoms with Gasteiger partial charge in [-0.15, -0.1) is 0 Å². The SMILES string of the molecule is CCNC(=NCC(C)(C)N1CCOCC1)NCC1CCCC1O. The molecule has 0 radical (unpaired) electrons. The van der Waals surface area contributed by atoms with E-state index in [1.165, 1.54) is 0 Å². The maximum Gasteiger partial charge on any atom is 0.191 e. The minimum atomic E-state index is -0.157. The summed E-state index contributed by atoms with van der Waals surface area (Å²) >= 11 is 0. The van der Waals surface area contributed by atoms with Crippen LogP contribution >= 0.6 is 0 Å². The lowest BCUT2D eigenvalue weighted by Gasteiger charge is -2.40. The van der Waals surface area contributed by atoms with E-state index in [0.29, 0.717) is 5.92 Å². The lowest BCUT2D eigenvalue weighted by molar-refractivity contribution is -0.00684. The molecule has 0 aromatic rings. The molecule has 134 valence electrons. The molecule has 2 aliphatic rings. The van der Waals surface area contributed by atoms with Gasteiger partial charge in [0.15, 0.2) is 5.96 Å². The number of nitrogens with one attached hydrogen (secondary N) is 2. The summed E-state index contributed by atoms with van der Waals surface area (Å²) in [4.78, 5) is 7.23. The molecular formula is C17H34N4O2. The van der Waals surface area contributed by atoms with Crippen LogP contribution in [0.1, 0.15) is 40.0 Å². The highest BCUT2D eigenvalue weighted by Crippen LogP contribution is 2.24. The predicted molar refractivity (Wildman–Crippen MR) is 93.8 cm³/mol. The average molecular weight is 326 g/mol. The Bertz CT molecular complexity index is 381. The van der Waals surface area contributed by atoms with Crippen molar-refractivity contribution in [3.8, 4) is 0 Å². The summed E-state index contributed by atoms with van der Waals surface area (Å²) in [6, 6.07) is 0. The van der Waals surface area contributed by atoms with E-state index in [4.69, 9.17) is 9.73 Å². The van der Waals surface area contributed by atoms with Gasteiger partial charge in [0.1, 0.15) is 0 Å².